The first-order valence-corrected chi connectivity index (χ1v) is 6.71. The minimum Gasteiger partial charge on any atom is -0.454 e. The Labute approximate surface area is 122 Å². The van der Waals surface area contributed by atoms with E-state index < -0.39 is 0 Å². The van der Waals surface area contributed by atoms with Crippen LogP contribution in [0.2, 0.25) is 0 Å². The van der Waals surface area contributed by atoms with Gasteiger partial charge in [0.05, 0.1) is 0 Å². The van der Waals surface area contributed by atoms with E-state index in [0.717, 1.165) is 22.7 Å². The van der Waals surface area contributed by atoms with Gasteiger partial charge in [0.1, 0.15) is 0 Å². The van der Waals surface area contributed by atoms with E-state index in [0.29, 0.717) is 12.1 Å². The topological polar surface area (TPSA) is 59.6 Å². The molecule has 0 aliphatic carbocycles. The van der Waals surface area contributed by atoms with Crippen LogP contribution in [0.5, 0.6) is 11.5 Å². The van der Waals surface area contributed by atoms with Crippen LogP contribution < -0.4 is 20.1 Å². The lowest BCUT2D eigenvalue weighted by atomic mass is 10.1. The average Bonchev–Trinajstić information content (AvgIpc) is 3.00. The van der Waals surface area contributed by atoms with Crippen LogP contribution in [0.15, 0.2) is 42.5 Å². The molecule has 3 rings (SSSR count). The molecular formula is C16H16N2O3. The van der Waals surface area contributed by atoms with Crippen LogP contribution in [0.25, 0.3) is 0 Å². The van der Waals surface area contributed by atoms with Gasteiger partial charge in [-0.05, 0) is 42.0 Å². The maximum atomic E-state index is 12.1. The van der Waals surface area contributed by atoms with E-state index in [1.54, 1.807) is 12.1 Å². The monoisotopic (exact) mass is 284 g/mol. The number of fused-ring (bicyclic) bond motifs is 1. The lowest BCUT2D eigenvalue weighted by Gasteiger charge is -2.07. The number of anilines is 1. The first kappa shape index (κ1) is 13.3. The van der Waals surface area contributed by atoms with E-state index in [2.05, 4.69) is 10.6 Å². The smallest absolute Gasteiger partial charge is 0.251 e. The number of amides is 1. The molecule has 108 valence electrons. The van der Waals surface area contributed by atoms with Crippen molar-refractivity contribution in [1.82, 2.24) is 5.32 Å². The molecule has 1 heterocycles. The van der Waals surface area contributed by atoms with Crippen molar-refractivity contribution < 1.29 is 14.3 Å². The highest BCUT2D eigenvalue weighted by Crippen LogP contribution is 2.32. The summed E-state index contributed by atoms with van der Waals surface area (Å²) in [7, 11) is 1.84. The molecule has 21 heavy (non-hydrogen) atoms. The van der Waals surface area contributed by atoms with Gasteiger partial charge in [-0.1, -0.05) is 6.07 Å². The summed E-state index contributed by atoms with van der Waals surface area (Å²) in [6, 6.07) is 13.0. The number of hydrogen-bond acceptors (Lipinski definition) is 4. The average molecular weight is 284 g/mol. The molecule has 0 atom stereocenters. The molecule has 0 saturated heterocycles. The third-order valence-electron chi connectivity index (χ3n) is 3.33. The van der Waals surface area contributed by atoms with E-state index in [-0.39, 0.29) is 12.7 Å². The third kappa shape index (κ3) is 2.91. The molecule has 2 N–H and O–H groups in total. The van der Waals surface area contributed by atoms with Crippen molar-refractivity contribution >= 4 is 11.6 Å². The lowest BCUT2D eigenvalue weighted by molar-refractivity contribution is 0.0951. The van der Waals surface area contributed by atoms with Crippen LogP contribution >= 0.6 is 0 Å². The van der Waals surface area contributed by atoms with Crippen LogP contribution in [0.4, 0.5) is 5.69 Å². The Kier molecular flexibility index (Phi) is 3.64. The fraction of sp³-hybridized carbons (Fsp3) is 0.188. The Morgan fingerprint density at radius 3 is 2.62 bits per heavy atom. The Hall–Kier alpha value is -2.69. The van der Waals surface area contributed by atoms with Crippen LogP contribution in [0.3, 0.4) is 0 Å². The van der Waals surface area contributed by atoms with Crippen LogP contribution in [0, 0.1) is 0 Å². The number of benzene rings is 2. The molecule has 2 aromatic carbocycles. The molecule has 0 radical (unpaired) electrons. The number of carbonyl (C=O) groups is 1. The Morgan fingerprint density at radius 2 is 1.86 bits per heavy atom. The van der Waals surface area contributed by atoms with E-state index in [1.807, 2.05) is 37.4 Å². The number of nitrogens with one attached hydrogen (secondary N) is 2. The SMILES string of the molecule is CNc1ccc(C(=O)NCc2ccc3c(c2)OCO3)cc1. The summed E-state index contributed by atoms with van der Waals surface area (Å²) in [6.45, 7) is 0.701. The molecule has 0 unspecified atom stereocenters. The second-order valence-electron chi connectivity index (χ2n) is 4.70. The summed E-state index contributed by atoms with van der Waals surface area (Å²) in [5.74, 6) is 1.36. The Bertz CT molecular complexity index is 653. The minimum absolute atomic E-state index is 0.102. The molecule has 0 spiro atoms. The van der Waals surface area contributed by atoms with Crippen LogP contribution in [-0.2, 0) is 6.54 Å². The van der Waals surface area contributed by atoms with E-state index in [4.69, 9.17) is 9.47 Å². The summed E-state index contributed by atoms with van der Waals surface area (Å²) < 4.78 is 10.6. The van der Waals surface area contributed by atoms with Crippen molar-refractivity contribution in [1.29, 1.82) is 0 Å². The lowest BCUT2D eigenvalue weighted by Crippen LogP contribution is -2.22. The summed E-state index contributed by atoms with van der Waals surface area (Å²) in [4.78, 5) is 12.1. The van der Waals surface area contributed by atoms with Gasteiger partial charge in [0.25, 0.3) is 5.91 Å². The number of ether oxygens (including phenoxy) is 2. The predicted octanol–water partition coefficient (Wildman–Crippen LogP) is 2.39. The van der Waals surface area contributed by atoms with Crippen molar-refractivity contribution in [2.75, 3.05) is 19.2 Å². The Morgan fingerprint density at radius 1 is 1.10 bits per heavy atom. The summed E-state index contributed by atoms with van der Waals surface area (Å²) >= 11 is 0. The number of hydrogen-bond donors (Lipinski definition) is 2. The standard InChI is InChI=1S/C16H16N2O3/c1-17-13-5-3-12(4-6-13)16(19)18-9-11-2-7-14-15(8-11)21-10-20-14/h2-8,17H,9-10H2,1H3,(H,18,19). The van der Waals surface area contributed by atoms with E-state index in [1.165, 1.54) is 0 Å². The molecular weight excluding hydrogens is 268 g/mol. The fourth-order valence-electron chi connectivity index (χ4n) is 2.12. The zero-order chi connectivity index (χ0) is 14.7. The molecule has 5 nitrogen and oxygen atoms in total. The van der Waals surface area contributed by atoms with E-state index in [9.17, 15) is 4.79 Å². The zero-order valence-electron chi connectivity index (χ0n) is 11.7. The predicted molar refractivity (Wildman–Crippen MR) is 79.7 cm³/mol. The fourth-order valence-corrected chi connectivity index (χ4v) is 2.12. The highest BCUT2D eigenvalue weighted by Gasteiger charge is 2.13. The summed E-state index contributed by atoms with van der Waals surface area (Å²) in [5.41, 5.74) is 2.58. The van der Waals surface area contributed by atoms with Crippen LogP contribution in [-0.4, -0.2) is 19.7 Å². The van der Waals surface area contributed by atoms with Gasteiger partial charge >= 0.3 is 0 Å². The van der Waals surface area contributed by atoms with Gasteiger partial charge < -0.3 is 20.1 Å². The third-order valence-corrected chi connectivity index (χ3v) is 3.33. The van der Waals surface area contributed by atoms with Gasteiger partial charge in [-0.25, -0.2) is 0 Å². The maximum Gasteiger partial charge on any atom is 0.251 e. The maximum absolute atomic E-state index is 12.1. The van der Waals surface area contributed by atoms with Crippen molar-refractivity contribution in [2.45, 2.75) is 6.54 Å². The minimum atomic E-state index is -0.102. The van der Waals surface area contributed by atoms with Gasteiger partial charge in [0.2, 0.25) is 6.79 Å². The van der Waals surface area contributed by atoms with Crippen LogP contribution in [0.1, 0.15) is 15.9 Å². The van der Waals surface area contributed by atoms with Crippen molar-refractivity contribution in [2.24, 2.45) is 0 Å². The first-order valence-electron chi connectivity index (χ1n) is 6.71. The van der Waals surface area contributed by atoms with Gasteiger partial charge in [0.15, 0.2) is 11.5 Å². The zero-order valence-corrected chi connectivity index (χ0v) is 11.7. The summed E-state index contributed by atoms with van der Waals surface area (Å²) in [6.07, 6.45) is 0. The molecule has 0 aromatic heterocycles. The largest absolute Gasteiger partial charge is 0.454 e. The van der Waals surface area contributed by atoms with Gasteiger partial charge in [-0.3, -0.25) is 4.79 Å². The molecule has 0 saturated carbocycles. The molecule has 1 aliphatic heterocycles. The second kappa shape index (κ2) is 5.75. The van der Waals surface area contributed by atoms with Crippen molar-refractivity contribution in [3.05, 3.63) is 53.6 Å². The molecule has 5 heteroatoms. The quantitative estimate of drug-likeness (QED) is 0.905. The molecule has 2 aromatic rings. The van der Waals surface area contributed by atoms with Gasteiger partial charge in [-0.2, -0.15) is 0 Å². The summed E-state index contributed by atoms with van der Waals surface area (Å²) in [5, 5.41) is 5.91. The van der Waals surface area contributed by atoms with E-state index >= 15 is 0 Å². The highest BCUT2D eigenvalue weighted by atomic mass is 16.7. The second-order valence-corrected chi connectivity index (χ2v) is 4.70. The number of carbonyl (C=O) groups excluding carboxylic acids is 1. The Balaban J connectivity index is 1.62. The first-order chi connectivity index (χ1) is 10.3. The molecule has 1 aliphatic rings. The molecule has 1 amide bonds. The van der Waals surface area contributed by atoms with Gasteiger partial charge in [-0.15, -0.1) is 0 Å². The van der Waals surface area contributed by atoms with Crippen molar-refractivity contribution in [3.63, 3.8) is 0 Å². The molecule has 0 fully saturated rings. The normalized spacial score (nSPS) is 12.0. The van der Waals surface area contributed by atoms with Gasteiger partial charge in [0, 0.05) is 24.8 Å². The van der Waals surface area contributed by atoms with Crippen molar-refractivity contribution in [3.8, 4) is 11.5 Å². The number of rotatable bonds is 4. The highest BCUT2D eigenvalue weighted by molar-refractivity contribution is 5.94. The molecule has 0 bridgehead atoms.